The molecule has 2 aliphatic heterocycles. The van der Waals surface area contributed by atoms with Crippen molar-refractivity contribution in [2.24, 2.45) is 0 Å². The summed E-state index contributed by atoms with van der Waals surface area (Å²) in [5, 5.41) is 3.37. The molecule has 2 fully saturated rings. The number of carbonyl (C=O) groups excluding carboxylic acids is 2. The molecule has 0 saturated carbocycles. The van der Waals surface area contributed by atoms with Gasteiger partial charge in [-0.15, -0.1) is 0 Å². The number of nitrogens with one attached hydrogen (secondary N) is 1. The molecule has 1 atom stereocenters. The average molecular weight is 375 g/mol. The second-order valence-corrected chi connectivity index (χ2v) is 8.45. The van der Waals surface area contributed by atoms with E-state index in [1.54, 1.807) is 9.80 Å². The van der Waals surface area contributed by atoms with Crippen LogP contribution >= 0.6 is 0 Å². The van der Waals surface area contributed by atoms with E-state index in [4.69, 9.17) is 9.47 Å². The van der Waals surface area contributed by atoms with Crippen LogP contribution in [-0.4, -0.2) is 65.3 Å². The first-order chi connectivity index (χ1) is 12.7. The van der Waals surface area contributed by atoms with Gasteiger partial charge >= 0.3 is 12.2 Å². The minimum absolute atomic E-state index is 0.0113. The van der Waals surface area contributed by atoms with E-state index in [0.717, 1.165) is 5.56 Å². The molecule has 0 aliphatic carbocycles. The van der Waals surface area contributed by atoms with Crippen LogP contribution < -0.4 is 5.32 Å². The Bertz CT molecular complexity index is 680. The summed E-state index contributed by atoms with van der Waals surface area (Å²) in [5.74, 6) is 0. The van der Waals surface area contributed by atoms with Crippen LogP contribution in [0.3, 0.4) is 0 Å². The highest BCUT2D eigenvalue weighted by atomic mass is 16.6. The van der Waals surface area contributed by atoms with Crippen LogP contribution in [0.1, 0.15) is 33.3 Å². The van der Waals surface area contributed by atoms with Crippen LogP contribution in [-0.2, 0) is 16.1 Å². The highest BCUT2D eigenvalue weighted by Crippen LogP contribution is 2.33. The van der Waals surface area contributed by atoms with E-state index in [1.165, 1.54) is 0 Å². The van der Waals surface area contributed by atoms with Gasteiger partial charge in [0.1, 0.15) is 12.2 Å². The van der Waals surface area contributed by atoms with Gasteiger partial charge in [-0.3, -0.25) is 4.90 Å². The van der Waals surface area contributed by atoms with Crippen LogP contribution in [0, 0.1) is 0 Å². The molecule has 1 aromatic carbocycles. The SMILES string of the molecule is C[C@@H]1CNCC2(CN(C(=O)OC(C)(C)C)C2)N1C(=O)OCc1ccccc1. The molecule has 0 unspecified atom stereocenters. The maximum atomic E-state index is 12.8. The second-order valence-electron chi connectivity index (χ2n) is 8.45. The van der Waals surface area contributed by atoms with Crippen LogP contribution in [0.25, 0.3) is 0 Å². The number of hydrogen-bond donors (Lipinski definition) is 1. The summed E-state index contributed by atoms with van der Waals surface area (Å²) >= 11 is 0. The third-order valence-electron chi connectivity index (χ3n) is 4.87. The Balaban J connectivity index is 1.64. The van der Waals surface area contributed by atoms with Crippen molar-refractivity contribution in [3.8, 4) is 0 Å². The van der Waals surface area contributed by atoms with E-state index < -0.39 is 11.1 Å². The minimum atomic E-state index is -0.535. The number of nitrogens with zero attached hydrogens (tertiary/aromatic N) is 2. The molecule has 0 aromatic heterocycles. The fourth-order valence-electron chi connectivity index (χ4n) is 3.70. The van der Waals surface area contributed by atoms with E-state index in [1.807, 2.05) is 58.0 Å². The highest BCUT2D eigenvalue weighted by molar-refractivity contribution is 5.73. The highest BCUT2D eigenvalue weighted by Gasteiger charge is 2.55. The molecular weight excluding hydrogens is 346 g/mol. The van der Waals surface area contributed by atoms with Gasteiger partial charge in [0, 0.05) is 19.1 Å². The van der Waals surface area contributed by atoms with Crippen molar-refractivity contribution in [3.05, 3.63) is 35.9 Å². The van der Waals surface area contributed by atoms with Gasteiger partial charge in [0.05, 0.1) is 18.6 Å². The van der Waals surface area contributed by atoms with Gasteiger partial charge in [0.25, 0.3) is 0 Å². The molecule has 1 N–H and O–H groups in total. The molecule has 0 bridgehead atoms. The maximum Gasteiger partial charge on any atom is 0.411 e. The van der Waals surface area contributed by atoms with Crippen molar-refractivity contribution in [3.63, 3.8) is 0 Å². The van der Waals surface area contributed by atoms with Crippen molar-refractivity contribution in [2.75, 3.05) is 26.2 Å². The van der Waals surface area contributed by atoms with E-state index >= 15 is 0 Å². The van der Waals surface area contributed by atoms with Gasteiger partial charge in [-0.1, -0.05) is 30.3 Å². The van der Waals surface area contributed by atoms with Gasteiger partial charge < -0.3 is 19.7 Å². The van der Waals surface area contributed by atoms with Crippen LogP contribution in [0.2, 0.25) is 0 Å². The molecule has 7 nitrogen and oxygen atoms in total. The quantitative estimate of drug-likeness (QED) is 0.860. The smallest absolute Gasteiger partial charge is 0.411 e. The molecule has 2 saturated heterocycles. The number of benzene rings is 1. The number of carbonyl (C=O) groups is 2. The molecular formula is C20H29N3O4. The number of likely N-dealkylation sites (tertiary alicyclic amines) is 1. The van der Waals surface area contributed by atoms with Crippen LogP contribution in [0.4, 0.5) is 9.59 Å². The van der Waals surface area contributed by atoms with Crippen molar-refractivity contribution >= 4 is 12.2 Å². The Morgan fingerprint density at radius 3 is 2.48 bits per heavy atom. The molecule has 7 heteroatoms. The zero-order valence-corrected chi connectivity index (χ0v) is 16.5. The summed E-state index contributed by atoms with van der Waals surface area (Å²) in [6, 6.07) is 9.61. The lowest BCUT2D eigenvalue weighted by Crippen LogP contribution is -2.80. The fraction of sp³-hybridized carbons (Fsp3) is 0.600. The molecule has 3 rings (SSSR count). The number of amides is 2. The Kier molecular flexibility index (Phi) is 5.33. The van der Waals surface area contributed by atoms with Crippen molar-refractivity contribution in [1.29, 1.82) is 0 Å². The van der Waals surface area contributed by atoms with Gasteiger partial charge in [-0.2, -0.15) is 0 Å². The molecule has 1 spiro atoms. The first kappa shape index (κ1) is 19.5. The van der Waals surface area contributed by atoms with Crippen LogP contribution in [0.15, 0.2) is 30.3 Å². The van der Waals surface area contributed by atoms with Gasteiger partial charge in [0.15, 0.2) is 0 Å². The predicted molar refractivity (Wildman–Crippen MR) is 101 cm³/mol. The predicted octanol–water partition coefficient (Wildman–Crippen LogP) is 2.61. The van der Waals surface area contributed by atoms with Crippen molar-refractivity contribution in [2.45, 2.75) is 51.5 Å². The zero-order chi connectivity index (χ0) is 19.7. The van der Waals surface area contributed by atoms with Gasteiger partial charge in [-0.25, -0.2) is 9.59 Å². The Labute approximate surface area is 160 Å². The molecule has 2 aliphatic rings. The summed E-state index contributed by atoms with van der Waals surface area (Å²) in [4.78, 5) is 28.6. The summed E-state index contributed by atoms with van der Waals surface area (Å²) < 4.78 is 11.0. The third-order valence-corrected chi connectivity index (χ3v) is 4.87. The monoisotopic (exact) mass is 375 g/mol. The third kappa shape index (κ3) is 4.35. The van der Waals surface area contributed by atoms with Crippen molar-refractivity contribution in [1.82, 2.24) is 15.1 Å². The first-order valence-corrected chi connectivity index (χ1v) is 9.39. The average Bonchev–Trinajstić information content (AvgIpc) is 2.56. The molecule has 1 aromatic rings. The van der Waals surface area contributed by atoms with Gasteiger partial charge in [0.2, 0.25) is 0 Å². The standard InChI is InChI=1S/C20H29N3O4/c1-15-10-21-12-20(13-22(14-20)17(24)27-19(2,3)4)23(15)18(25)26-11-16-8-6-5-7-9-16/h5-9,15,21H,10-14H2,1-4H3/t15-/m1/s1. The largest absolute Gasteiger partial charge is 0.445 e. The van der Waals surface area contributed by atoms with E-state index in [9.17, 15) is 9.59 Å². The number of rotatable bonds is 2. The Hall–Kier alpha value is -2.28. The van der Waals surface area contributed by atoms with Crippen LogP contribution in [0.5, 0.6) is 0 Å². The maximum absolute atomic E-state index is 12.8. The molecule has 2 heterocycles. The molecule has 148 valence electrons. The molecule has 0 radical (unpaired) electrons. The van der Waals surface area contributed by atoms with Gasteiger partial charge in [-0.05, 0) is 33.3 Å². The number of piperazine rings is 1. The van der Waals surface area contributed by atoms with E-state index in [0.29, 0.717) is 26.2 Å². The topological polar surface area (TPSA) is 71.1 Å². The van der Waals surface area contributed by atoms with E-state index in [2.05, 4.69) is 5.32 Å². The summed E-state index contributed by atoms with van der Waals surface area (Å²) in [6.07, 6.45) is -0.680. The van der Waals surface area contributed by atoms with Crippen molar-refractivity contribution < 1.29 is 19.1 Å². The molecule has 27 heavy (non-hydrogen) atoms. The molecule has 2 amide bonds. The normalized spacial score (nSPS) is 21.6. The summed E-state index contributed by atoms with van der Waals surface area (Å²) in [6.45, 7) is 9.99. The lowest BCUT2D eigenvalue weighted by molar-refractivity contribution is -0.0828. The first-order valence-electron chi connectivity index (χ1n) is 9.39. The second kappa shape index (κ2) is 7.38. The lowest BCUT2D eigenvalue weighted by Gasteiger charge is -2.58. The summed E-state index contributed by atoms with van der Waals surface area (Å²) in [7, 11) is 0. The number of ether oxygens (including phenoxy) is 2. The Morgan fingerprint density at radius 2 is 1.85 bits per heavy atom. The zero-order valence-electron chi connectivity index (χ0n) is 16.5. The Morgan fingerprint density at radius 1 is 1.19 bits per heavy atom. The summed E-state index contributed by atoms with van der Waals surface area (Å²) in [5.41, 5.74) is -0.0270. The fourth-order valence-corrected chi connectivity index (χ4v) is 3.70. The van der Waals surface area contributed by atoms with E-state index in [-0.39, 0.29) is 24.8 Å². The number of hydrogen-bond acceptors (Lipinski definition) is 5. The lowest BCUT2D eigenvalue weighted by atomic mass is 9.85. The minimum Gasteiger partial charge on any atom is -0.445 e.